The van der Waals surface area contributed by atoms with Crippen molar-refractivity contribution in [1.82, 2.24) is 4.98 Å². The lowest BCUT2D eigenvalue weighted by Crippen LogP contribution is -2.27. The van der Waals surface area contributed by atoms with E-state index in [9.17, 15) is 17.1 Å². The molecule has 0 aliphatic carbocycles. The molecule has 2 heterocycles. The maximum atomic E-state index is 12.7. The van der Waals surface area contributed by atoms with E-state index in [1.807, 2.05) is 6.07 Å². The second-order valence-corrected chi connectivity index (χ2v) is 6.90. The van der Waals surface area contributed by atoms with E-state index in [4.69, 9.17) is 0 Å². The maximum absolute atomic E-state index is 12.7. The fraction of sp³-hybridized carbons (Fsp3) is 0.455. The number of aryl methyl sites for hydroxylation is 1. The first kappa shape index (κ1) is 14.4. The van der Waals surface area contributed by atoms with E-state index >= 15 is 0 Å². The Labute approximate surface area is 119 Å². The first-order valence-corrected chi connectivity index (χ1v) is 7.95. The minimum absolute atomic E-state index is 0.0281. The van der Waals surface area contributed by atoms with Crippen LogP contribution in [0.1, 0.15) is 12.0 Å². The van der Waals surface area contributed by atoms with E-state index in [-0.39, 0.29) is 18.9 Å². The Balaban J connectivity index is 2.20. The Bertz CT molecular complexity index is 620. The van der Waals surface area contributed by atoms with Gasteiger partial charge >= 0.3 is 10.2 Å². The first-order valence-electron chi connectivity index (χ1n) is 5.61. The van der Waals surface area contributed by atoms with Crippen molar-refractivity contribution in [2.45, 2.75) is 13.3 Å². The molecular formula is C11H12BrFN2O3S. The van der Waals surface area contributed by atoms with Gasteiger partial charge in [0.05, 0.1) is 5.75 Å². The molecule has 1 saturated heterocycles. The molecule has 1 fully saturated rings. The zero-order valence-corrected chi connectivity index (χ0v) is 12.5. The molecule has 0 saturated carbocycles. The van der Waals surface area contributed by atoms with Crippen molar-refractivity contribution in [2.75, 3.05) is 17.2 Å². The number of carbonyl (C=O) groups is 1. The molecule has 104 valence electrons. The normalized spacial score (nSPS) is 20.1. The number of rotatable bonds is 3. The molecule has 1 aliphatic heterocycles. The van der Waals surface area contributed by atoms with Crippen LogP contribution in [0.2, 0.25) is 0 Å². The largest absolute Gasteiger partial charge is 0.302 e. The molecule has 0 N–H and O–H groups in total. The van der Waals surface area contributed by atoms with E-state index in [2.05, 4.69) is 20.9 Å². The summed E-state index contributed by atoms with van der Waals surface area (Å²) >= 11 is 3.28. The van der Waals surface area contributed by atoms with Crippen molar-refractivity contribution in [1.29, 1.82) is 0 Å². The number of carbonyl (C=O) groups excluding carboxylic acids is 1. The summed E-state index contributed by atoms with van der Waals surface area (Å²) in [6.45, 7) is 1.98. The van der Waals surface area contributed by atoms with E-state index in [1.165, 1.54) is 4.90 Å². The summed E-state index contributed by atoms with van der Waals surface area (Å²) in [5.74, 6) is -0.879. The van der Waals surface area contributed by atoms with Crippen molar-refractivity contribution in [3.8, 4) is 0 Å². The molecule has 1 amide bonds. The predicted molar refractivity (Wildman–Crippen MR) is 72.0 cm³/mol. The molecular weight excluding hydrogens is 339 g/mol. The highest BCUT2D eigenvalue weighted by molar-refractivity contribution is 9.10. The third-order valence-electron chi connectivity index (χ3n) is 2.91. The van der Waals surface area contributed by atoms with Crippen molar-refractivity contribution >= 4 is 37.9 Å². The lowest BCUT2D eigenvalue weighted by Gasteiger charge is -2.17. The van der Waals surface area contributed by atoms with Gasteiger partial charge in [-0.3, -0.25) is 9.69 Å². The van der Waals surface area contributed by atoms with Crippen LogP contribution in [0, 0.1) is 12.8 Å². The van der Waals surface area contributed by atoms with Crippen LogP contribution in [0.3, 0.4) is 0 Å². The number of amides is 1. The van der Waals surface area contributed by atoms with E-state index in [0.29, 0.717) is 5.82 Å². The lowest BCUT2D eigenvalue weighted by atomic mass is 10.1. The average molecular weight is 351 g/mol. The van der Waals surface area contributed by atoms with Gasteiger partial charge in [-0.2, -0.15) is 8.42 Å². The highest BCUT2D eigenvalue weighted by Gasteiger charge is 2.34. The quantitative estimate of drug-likeness (QED) is 0.779. The number of pyridine rings is 1. The zero-order valence-electron chi connectivity index (χ0n) is 10.1. The summed E-state index contributed by atoms with van der Waals surface area (Å²) in [5.41, 5.74) is 0.798. The summed E-state index contributed by atoms with van der Waals surface area (Å²) in [7, 11) is -4.56. The zero-order chi connectivity index (χ0) is 14.2. The Hall–Kier alpha value is -1.02. The molecule has 5 nitrogen and oxygen atoms in total. The van der Waals surface area contributed by atoms with Gasteiger partial charge in [0.25, 0.3) is 0 Å². The number of anilines is 1. The molecule has 0 bridgehead atoms. The molecule has 19 heavy (non-hydrogen) atoms. The Kier molecular flexibility index (Phi) is 3.91. The Morgan fingerprint density at radius 1 is 1.58 bits per heavy atom. The standard InChI is InChI=1S/C11H12BrFN2O3S/c1-7-2-9(12)4-14-11(7)15-5-8(3-10(15)16)6-19(13,17)18/h2,4,8H,3,5-6H2,1H3. The lowest BCUT2D eigenvalue weighted by molar-refractivity contribution is -0.117. The number of halogens is 2. The Morgan fingerprint density at radius 2 is 2.26 bits per heavy atom. The molecule has 8 heteroatoms. The summed E-state index contributed by atoms with van der Waals surface area (Å²) in [6.07, 6.45) is 1.59. The van der Waals surface area contributed by atoms with Gasteiger partial charge in [0.2, 0.25) is 5.91 Å². The summed E-state index contributed by atoms with van der Waals surface area (Å²) < 4.78 is 34.7. The molecule has 1 unspecified atom stereocenters. The molecule has 2 rings (SSSR count). The number of nitrogens with zero attached hydrogens (tertiary/aromatic N) is 2. The third-order valence-corrected chi connectivity index (χ3v) is 4.22. The predicted octanol–water partition coefficient (Wildman–Crippen LogP) is 1.80. The van der Waals surface area contributed by atoms with Crippen molar-refractivity contribution < 1.29 is 17.1 Å². The van der Waals surface area contributed by atoms with Gasteiger partial charge in [0.1, 0.15) is 5.82 Å². The maximum Gasteiger partial charge on any atom is 0.302 e. The van der Waals surface area contributed by atoms with Gasteiger partial charge in [0, 0.05) is 29.6 Å². The average Bonchev–Trinajstić information content (AvgIpc) is 2.56. The molecule has 1 aromatic heterocycles. The summed E-state index contributed by atoms with van der Waals surface area (Å²) in [5, 5.41) is 0. The second kappa shape index (κ2) is 5.16. The van der Waals surface area contributed by atoms with Crippen LogP contribution in [0.4, 0.5) is 9.70 Å². The minimum Gasteiger partial charge on any atom is -0.296 e. The van der Waals surface area contributed by atoms with Gasteiger partial charge in [-0.05, 0) is 34.5 Å². The fourth-order valence-corrected chi connectivity index (χ4v) is 3.43. The van der Waals surface area contributed by atoms with Gasteiger partial charge in [-0.1, -0.05) is 0 Å². The highest BCUT2D eigenvalue weighted by atomic mass is 79.9. The third kappa shape index (κ3) is 3.50. The monoisotopic (exact) mass is 350 g/mol. The highest BCUT2D eigenvalue weighted by Crippen LogP contribution is 2.28. The van der Waals surface area contributed by atoms with Crippen LogP contribution in [-0.4, -0.2) is 31.6 Å². The van der Waals surface area contributed by atoms with Gasteiger partial charge < -0.3 is 0 Å². The topological polar surface area (TPSA) is 67.3 Å². The molecule has 0 radical (unpaired) electrons. The summed E-state index contributed by atoms with van der Waals surface area (Å²) in [6, 6.07) is 1.81. The van der Waals surface area contributed by atoms with Crippen LogP contribution >= 0.6 is 15.9 Å². The van der Waals surface area contributed by atoms with Crippen LogP contribution in [-0.2, 0) is 15.0 Å². The van der Waals surface area contributed by atoms with Crippen LogP contribution in [0.15, 0.2) is 16.7 Å². The summed E-state index contributed by atoms with van der Waals surface area (Å²) in [4.78, 5) is 17.4. The Morgan fingerprint density at radius 3 is 2.84 bits per heavy atom. The SMILES string of the molecule is Cc1cc(Br)cnc1N1CC(CS(=O)(=O)F)CC1=O. The molecule has 1 atom stereocenters. The van der Waals surface area contributed by atoms with Crippen LogP contribution < -0.4 is 4.90 Å². The van der Waals surface area contributed by atoms with E-state index in [1.54, 1.807) is 13.1 Å². The van der Waals surface area contributed by atoms with Gasteiger partial charge in [-0.25, -0.2) is 4.98 Å². The molecule has 1 aromatic rings. The number of aromatic nitrogens is 1. The minimum atomic E-state index is -4.56. The smallest absolute Gasteiger partial charge is 0.296 e. The van der Waals surface area contributed by atoms with Crippen LogP contribution in [0.25, 0.3) is 0 Å². The van der Waals surface area contributed by atoms with E-state index < -0.39 is 21.9 Å². The second-order valence-electron chi connectivity index (χ2n) is 4.57. The number of hydrogen-bond acceptors (Lipinski definition) is 4. The molecule has 0 spiro atoms. The van der Waals surface area contributed by atoms with E-state index in [0.717, 1.165) is 10.0 Å². The van der Waals surface area contributed by atoms with Gasteiger partial charge in [-0.15, -0.1) is 3.89 Å². The van der Waals surface area contributed by atoms with Crippen molar-refractivity contribution in [3.05, 3.63) is 22.3 Å². The number of hydrogen-bond donors (Lipinski definition) is 0. The molecule has 0 aromatic carbocycles. The van der Waals surface area contributed by atoms with Crippen LogP contribution in [0.5, 0.6) is 0 Å². The van der Waals surface area contributed by atoms with Crippen molar-refractivity contribution in [2.24, 2.45) is 5.92 Å². The van der Waals surface area contributed by atoms with Gasteiger partial charge in [0.15, 0.2) is 0 Å². The first-order chi connectivity index (χ1) is 8.76. The van der Waals surface area contributed by atoms with Crippen molar-refractivity contribution in [3.63, 3.8) is 0 Å². The fourth-order valence-electron chi connectivity index (χ4n) is 2.20. The molecule has 1 aliphatic rings.